The predicted molar refractivity (Wildman–Crippen MR) is 55.8 cm³/mol. The van der Waals surface area contributed by atoms with E-state index in [2.05, 4.69) is 58.5 Å². The Morgan fingerprint density at radius 3 is 2.08 bits per heavy atom. The molecule has 0 amide bonds. The third-order valence-electron chi connectivity index (χ3n) is 2.51. The van der Waals surface area contributed by atoms with Crippen LogP contribution < -0.4 is 4.57 Å². The Kier molecular flexibility index (Phi) is 2.47. The second-order valence-corrected chi connectivity index (χ2v) is 4.89. The van der Waals surface area contributed by atoms with Crippen molar-refractivity contribution in [3.8, 4) is 0 Å². The quantitative estimate of drug-likeness (QED) is 0.537. The molecular formula is C12H20N+. The number of aryl methyl sites for hydroxylation is 3. The van der Waals surface area contributed by atoms with E-state index in [1.807, 2.05) is 0 Å². The maximum atomic E-state index is 2.29. The van der Waals surface area contributed by atoms with Crippen LogP contribution in [0.15, 0.2) is 12.3 Å². The fourth-order valence-corrected chi connectivity index (χ4v) is 1.63. The van der Waals surface area contributed by atoms with Crippen molar-refractivity contribution in [1.29, 1.82) is 0 Å². The van der Waals surface area contributed by atoms with E-state index in [4.69, 9.17) is 0 Å². The molecule has 0 aliphatic rings. The monoisotopic (exact) mass is 178 g/mol. The fourth-order valence-electron chi connectivity index (χ4n) is 1.63. The van der Waals surface area contributed by atoms with Crippen LogP contribution in [0, 0.1) is 13.8 Å². The summed E-state index contributed by atoms with van der Waals surface area (Å²) in [6, 6.07) is 2.29. The van der Waals surface area contributed by atoms with Crippen LogP contribution in [0.4, 0.5) is 0 Å². The molecule has 0 saturated heterocycles. The van der Waals surface area contributed by atoms with E-state index in [0.29, 0.717) is 0 Å². The lowest BCUT2D eigenvalue weighted by molar-refractivity contribution is -0.682. The van der Waals surface area contributed by atoms with Gasteiger partial charge in [0.05, 0.1) is 0 Å². The lowest BCUT2D eigenvalue weighted by Crippen LogP contribution is -2.39. The molecule has 0 atom stereocenters. The van der Waals surface area contributed by atoms with Gasteiger partial charge >= 0.3 is 0 Å². The molecule has 13 heavy (non-hydrogen) atoms. The van der Waals surface area contributed by atoms with Crippen molar-refractivity contribution in [2.24, 2.45) is 7.05 Å². The highest BCUT2D eigenvalue weighted by Crippen LogP contribution is 2.20. The molecular weight excluding hydrogens is 158 g/mol. The van der Waals surface area contributed by atoms with Gasteiger partial charge in [-0.3, -0.25) is 0 Å². The molecule has 0 fully saturated rings. The van der Waals surface area contributed by atoms with Crippen molar-refractivity contribution in [3.05, 3.63) is 29.1 Å². The maximum absolute atomic E-state index is 2.29. The number of nitrogens with zero attached hydrogens (tertiary/aromatic N) is 1. The second kappa shape index (κ2) is 3.13. The van der Waals surface area contributed by atoms with E-state index in [1.54, 1.807) is 0 Å². The average molecular weight is 178 g/mol. The highest BCUT2D eigenvalue weighted by atomic mass is 14.9. The molecule has 1 aromatic rings. The summed E-state index contributed by atoms with van der Waals surface area (Å²) in [6.45, 7) is 11.1. The molecule has 1 rings (SSSR count). The molecule has 72 valence electrons. The molecule has 1 aromatic heterocycles. The van der Waals surface area contributed by atoms with Gasteiger partial charge in [-0.2, -0.15) is 0 Å². The highest BCUT2D eigenvalue weighted by molar-refractivity contribution is 5.23. The van der Waals surface area contributed by atoms with Crippen molar-refractivity contribution >= 4 is 0 Å². The van der Waals surface area contributed by atoms with Gasteiger partial charge in [-0.05, 0) is 19.4 Å². The summed E-state index contributed by atoms with van der Waals surface area (Å²) in [6.07, 6.45) is 2.20. The zero-order valence-corrected chi connectivity index (χ0v) is 9.60. The summed E-state index contributed by atoms with van der Waals surface area (Å²) >= 11 is 0. The van der Waals surface area contributed by atoms with Crippen molar-refractivity contribution in [2.75, 3.05) is 0 Å². The van der Waals surface area contributed by atoms with E-state index in [9.17, 15) is 0 Å². The fraction of sp³-hybridized carbons (Fsp3) is 0.583. The summed E-state index contributed by atoms with van der Waals surface area (Å²) in [7, 11) is 2.12. The predicted octanol–water partition coefficient (Wildman–Crippen LogP) is 2.43. The summed E-state index contributed by atoms with van der Waals surface area (Å²) in [5, 5.41) is 0. The van der Waals surface area contributed by atoms with Gasteiger partial charge in [-0.25, -0.2) is 4.57 Å². The minimum absolute atomic E-state index is 0.229. The van der Waals surface area contributed by atoms with Gasteiger partial charge in [0.2, 0.25) is 0 Å². The topological polar surface area (TPSA) is 3.88 Å². The van der Waals surface area contributed by atoms with Gasteiger partial charge in [0.25, 0.3) is 0 Å². The number of rotatable bonds is 0. The Labute approximate surface area is 81.4 Å². The third kappa shape index (κ3) is 2.09. The van der Waals surface area contributed by atoms with Crippen LogP contribution in [-0.4, -0.2) is 0 Å². The first-order valence-corrected chi connectivity index (χ1v) is 4.80. The van der Waals surface area contributed by atoms with Crippen molar-refractivity contribution < 1.29 is 4.57 Å². The molecule has 1 heteroatoms. The van der Waals surface area contributed by atoms with Gasteiger partial charge in [0.1, 0.15) is 7.05 Å². The van der Waals surface area contributed by atoms with Crippen LogP contribution in [0.2, 0.25) is 0 Å². The summed E-state index contributed by atoms with van der Waals surface area (Å²) in [5.41, 5.74) is 4.35. The Balaban J connectivity index is 3.32. The smallest absolute Gasteiger partial charge is 0.186 e. The lowest BCUT2D eigenvalue weighted by atomic mass is 9.90. The first-order valence-electron chi connectivity index (χ1n) is 4.80. The Hall–Kier alpha value is -0.850. The molecule has 0 spiro atoms. The van der Waals surface area contributed by atoms with Crippen LogP contribution in [0.5, 0.6) is 0 Å². The molecule has 1 nitrogen and oxygen atoms in total. The first kappa shape index (κ1) is 10.2. The molecule has 0 bridgehead atoms. The molecule has 0 N–H and O–H groups in total. The average Bonchev–Trinajstić information content (AvgIpc) is 1.94. The number of hydrogen-bond donors (Lipinski definition) is 0. The maximum Gasteiger partial charge on any atom is 0.186 e. The molecule has 0 aliphatic heterocycles. The van der Waals surface area contributed by atoms with Crippen LogP contribution >= 0.6 is 0 Å². The van der Waals surface area contributed by atoms with Crippen LogP contribution in [0.25, 0.3) is 0 Å². The van der Waals surface area contributed by atoms with Gasteiger partial charge in [0, 0.05) is 17.0 Å². The Morgan fingerprint density at radius 1 is 1.08 bits per heavy atom. The van der Waals surface area contributed by atoms with E-state index >= 15 is 0 Å². The second-order valence-electron chi connectivity index (χ2n) is 4.89. The van der Waals surface area contributed by atoms with Gasteiger partial charge in [-0.1, -0.05) is 20.8 Å². The largest absolute Gasteiger partial charge is 0.204 e. The van der Waals surface area contributed by atoms with Crippen molar-refractivity contribution in [3.63, 3.8) is 0 Å². The lowest BCUT2D eigenvalue weighted by Gasteiger charge is -2.16. The Bertz CT molecular complexity index is 319. The van der Waals surface area contributed by atoms with Crippen molar-refractivity contribution in [2.45, 2.75) is 40.0 Å². The first-order chi connectivity index (χ1) is 5.82. The summed E-state index contributed by atoms with van der Waals surface area (Å²) in [5.74, 6) is 0. The summed E-state index contributed by atoms with van der Waals surface area (Å²) in [4.78, 5) is 0. The molecule has 0 aromatic carbocycles. The SMILES string of the molecule is Cc1cc(C(C)(C)C)[n+](C)cc1C. The standard InChI is InChI=1S/C12H20N/c1-9-7-11(12(3,4)5)13(6)8-10(9)2/h7-8H,1-6H3/q+1. The molecule has 0 saturated carbocycles. The molecule has 0 unspecified atom stereocenters. The van der Waals surface area contributed by atoms with E-state index in [0.717, 1.165) is 0 Å². The molecule has 0 radical (unpaired) electrons. The van der Waals surface area contributed by atoms with Crippen LogP contribution in [-0.2, 0) is 12.5 Å². The van der Waals surface area contributed by atoms with E-state index < -0.39 is 0 Å². The summed E-state index contributed by atoms with van der Waals surface area (Å²) < 4.78 is 2.22. The molecule has 0 aliphatic carbocycles. The third-order valence-corrected chi connectivity index (χ3v) is 2.51. The minimum atomic E-state index is 0.229. The zero-order valence-electron chi connectivity index (χ0n) is 9.60. The number of hydrogen-bond acceptors (Lipinski definition) is 0. The van der Waals surface area contributed by atoms with Crippen LogP contribution in [0.3, 0.4) is 0 Å². The van der Waals surface area contributed by atoms with E-state index in [1.165, 1.54) is 16.8 Å². The van der Waals surface area contributed by atoms with Crippen molar-refractivity contribution in [1.82, 2.24) is 0 Å². The van der Waals surface area contributed by atoms with Gasteiger partial charge in [0.15, 0.2) is 11.9 Å². The minimum Gasteiger partial charge on any atom is -0.204 e. The molecule has 1 heterocycles. The number of aromatic nitrogens is 1. The highest BCUT2D eigenvalue weighted by Gasteiger charge is 2.23. The van der Waals surface area contributed by atoms with E-state index in [-0.39, 0.29) is 5.41 Å². The van der Waals surface area contributed by atoms with Gasteiger partial charge < -0.3 is 0 Å². The van der Waals surface area contributed by atoms with Gasteiger partial charge in [-0.15, -0.1) is 0 Å². The van der Waals surface area contributed by atoms with Crippen LogP contribution in [0.1, 0.15) is 37.6 Å². The zero-order chi connectivity index (χ0) is 10.2. The normalized spacial score (nSPS) is 11.8. The Morgan fingerprint density at radius 2 is 1.62 bits per heavy atom. The number of pyridine rings is 1.